The fraction of sp³-hybridized carbons (Fsp3) is 0. The molecule has 0 N–H and O–H groups in total. The maximum absolute atomic E-state index is 4.95. The molecule has 0 radical (unpaired) electrons. The average Bonchev–Trinajstić information content (AvgIpc) is 3.35. The first-order chi connectivity index (χ1) is 29.7. The van der Waals surface area contributed by atoms with E-state index < -0.39 is 0 Å². The zero-order valence-electron chi connectivity index (χ0n) is 32.8. The van der Waals surface area contributed by atoms with E-state index in [2.05, 4.69) is 161 Å². The first-order valence-corrected chi connectivity index (χ1v) is 19.8. The molecule has 0 spiro atoms. The molecule has 61 heavy (non-hydrogen) atoms. The number of rotatable bonds is 9. The molecular weight excluding hydrogens is 921 g/mol. The SMILES string of the molecule is [Ir+3].[c-]1cc(-c2ccccc2-c2cc(-c3ccccc3-c3c[c-]c(-c4ccccn4)cc3)cc(-c3ccccc3-c3c[c-]c(-c4ccccn4)cn3)c2)ccc1-c1ccccn1. The van der Waals surface area contributed by atoms with Gasteiger partial charge in [-0.3, -0.25) is 0 Å². The monoisotopic (exact) mass is 956 g/mol. The molecule has 0 saturated heterocycles. The van der Waals surface area contributed by atoms with Gasteiger partial charge in [-0.25, -0.2) is 0 Å². The topological polar surface area (TPSA) is 51.6 Å². The Morgan fingerprint density at radius 2 is 0.639 bits per heavy atom. The average molecular weight is 956 g/mol. The van der Waals surface area contributed by atoms with Gasteiger partial charge in [0.2, 0.25) is 0 Å². The van der Waals surface area contributed by atoms with Crippen molar-refractivity contribution in [3.63, 3.8) is 0 Å². The summed E-state index contributed by atoms with van der Waals surface area (Å²) in [4.78, 5) is 18.5. The van der Waals surface area contributed by atoms with Crippen molar-refractivity contribution in [3.05, 3.63) is 231 Å². The van der Waals surface area contributed by atoms with E-state index in [4.69, 9.17) is 4.98 Å². The van der Waals surface area contributed by atoms with Gasteiger partial charge < -0.3 is 19.9 Å². The number of nitrogens with zero attached hydrogens (tertiary/aromatic N) is 4. The predicted octanol–water partition coefficient (Wildman–Crippen LogP) is 13.7. The number of hydrogen-bond acceptors (Lipinski definition) is 4. The van der Waals surface area contributed by atoms with E-state index in [1.54, 1.807) is 6.20 Å². The standard InChI is InChI=1S/C56H35N4.Ir/c1-3-15-49(47(13-1)39-22-26-41(27-23-39)53-19-7-10-32-57-53)44-35-45(50-16-4-2-14-48(50)40-24-28-42(29-25-40)54-20-8-11-33-58-54)37-46(36-44)51-17-5-6-18-52(51)56-31-30-43(38-60-56)55-21-9-12-34-59-55;/h1-26,28,31-38H;/q-3;+3. The van der Waals surface area contributed by atoms with Crippen LogP contribution in [0, 0.1) is 18.2 Å². The number of pyridine rings is 4. The molecule has 0 aliphatic heterocycles. The Hall–Kier alpha value is -7.43. The Morgan fingerprint density at radius 3 is 1.00 bits per heavy atom. The van der Waals surface area contributed by atoms with Crippen LogP contribution in [0.3, 0.4) is 0 Å². The maximum Gasteiger partial charge on any atom is 3.00 e. The van der Waals surface area contributed by atoms with Gasteiger partial charge >= 0.3 is 20.1 Å². The van der Waals surface area contributed by atoms with Gasteiger partial charge in [0.25, 0.3) is 0 Å². The van der Waals surface area contributed by atoms with Gasteiger partial charge in [-0.2, -0.15) is 0 Å². The minimum atomic E-state index is 0. The van der Waals surface area contributed by atoms with Crippen molar-refractivity contribution in [1.82, 2.24) is 19.9 Å². The molecule has 0 amide bonds. The molecule has 288 valence electrons. The van der Waals surface area contributed by atoms with E-state index >= 15 is 0 Å². The second kappa shape index (κ2) is 17.8. The quantitative estimate of drug-likeness (QED) is 0.135. The summed E-state index contributed by atoms with van der Waals surface area (Å²) in [5, 5.41) is 0. The van der Waals surface area contributed by atoms with E-state index in [0.29, 0.717) is 0 Å². The molecule has 0 bridgehead atoms. The number of benzene rings is 6. The van der Waals surface area contributed by atoms with Gasteiger partial charge in [0.05, 0.1) is 0 Å². The van der Waals surface area contributed by atoms with Crippen molar-refractivity contribution in [2.45, 2.75) is 0 Å². The van der Waals surface area contributed by atoms with E-state index in [0.717, 1.165) is 101 Å². The molecule has 4 aromatic heterocycles. The number of aromatic nitrogens is 4. The molecular formula is C56H35IrN4. The van der Waals surface area contributed by atoms with Crippen LogP contribution in [-0.4, -0.2) is 19.9 Å². The summed E-state index contributed by atoms with van der Waals surface area (Å²) in [6.07, 6.45) is 7.27. The summed E-state index contributed by atoms with van der Waals surface area (Å²) in [6, 6.07) is 75.5. The van der Waals surface area contributed by atoms with Gasteiger partial charge in [-0.05, 0) is 98.1 Å². The molecule has 0 saturated carbocycles. The molecule has 4 nitrogen and oxygen atoms in total. The summed E-state index contributed by atoms with van der Waals surface area (Å²) >= 11 is 0. The second-order valence-electron chi connectivity index (χ2n) is 14.4. The molecule has 0 aliphatic carbocycles. The van der Waals surface area contributed by atoms with Crippen LogP contribution in [0.25, 0.3) is 101 Å². The van der Waals surface area contributed by atoms with Gasteiger partial charge in [0.15, 0.2) is 0 Å². The Bertz CT molecular complexity index is 2700. The van der Waals surface area contributed by atoms with Crippen molar-refractivity contribution in [1.29, 1.82) is 0 Å². The molecule has 0 fully saturated rings. The minimum Gasteiger partial charge on any atom is -0.352 e. The van der Waals surface area contributed by atoms with Crippen LogP contribution in [0.15, 0.2) is 213 Å². The summed E-state index contributed by atoms with van der Waals surface area (Å²) in [5.74, 6) is 0. The van der Waals surface area contributed by atoms with Gasteiger partial charge in [0, 0.05) is 18.6 Å². The van der Waals surface area contributed by atoms with Crippen molar-refractivity contribution < 1.29 is 20.1 Å². The van der Waals surface area contributed by atoms with E-state index in [1.807, 2.05) is 79.3 Å². The van der Waals surface area contributed by atoms with Gasteiger partial charge in [-0.1, -0.05) is 138 Å². The van der Waals surface area contributed by atoms with Crippen LogP contribution < -0.4 is 0 Å². The fourth-order valence-electron chi connectivity index (χ4n) is 7.74. The molecule has 6 aromatic carbocycles. The van der Waals surface area contributed by atoms with Crippen molar-refractivity contribution in [3.8, 4) is 101 Å². The van der Waals surface area contributed by atoms with Crippen LogP contribution in [0.1, 0.15) is 0 Å². The third-order valence-electron chi connectivity index (χ3n) is 10.7. The molecule has 10 rings (SSSR count). The van der Waals surface area contributed by atoms with E-state index in [9.17, 15) is 0 Å². The summed E-state index contributed by atoms with van der Waals surface area (Å²) in [6.45, 7) is 0. The van der Waals surface area contributed by atoms with Crippen LogP contribution >= 0.6 is 0 Å². The summed E-state index contributed by atoms with van der Waals surface area (Å²) in [7, 11) is 0. The van der Waals surface area contributed by atoms with E-state index in [-0.39, 0.29) is 20.1 Å². The summed E-state index contributed by atoms with van der Waals surface area (Å²) < 4.78 is 0. The van der Waals surface area contributed by atoms with Crippen molar-refractivity contribution in [2.24, 2.45) is 0 Å². The molecule has 4 heterocycles. The zero-order chi connectivity index (χ0) is 40.1. The zero-order valence-corrected chi connectivity index (χ0v) is 35.2. The molecule has 0 aliphatic rings. The molecule has 10 aromatic rings. The van der Waals surface area contributed by atoms with E-state index in [1.165, 1.54) is 0 Å². The largest absolute Gasteiger partial charge is 3.00 e. The maximum atomic E-state index is 4.95. The van der Waals surface area contributed by atoms with Crippen molar-refractivity contribution >= 4 is 0 Å². The van der Waals surface area contributed by atoms with Crippen LogP contribution in [-0.2, 0) is 20.1 Å². The third-order valence-corrected chi connectivity index (χ3v) is 10.7. The molecule has 0 atom stereocenters. The fourth-order valence-corrected chi connectivity index (χ4v) is 7.74. The van der Waals surface area contributed by atoms with Gasteiger partial charge in [0.1, 0.15) is 0 Å². The normalized spacial score (nSPS) is 10.8. The number of hydrogen-bond donors (Lipinski definition) is 0. The van der Waals surface area contributed by atoms with Crippen LogP contribution in [0.5, 0.6) is 0 Å². The minimum absolute atomic E-state index is 0. The Balaban J connectivity index is 0.00000476. The Morgan fingerprint density at radius 1 is 0.279 bits per heavy atom. The Labute approximate surface area is 369 Å². The smallest absolute Gasteiger partial charge is 0.352 e. The first-order valence-electron chi connectivity index (χ1n) is 19.8. The van der Waals surface area contributed by atoms with Gasteiger partial charge in [-0.15, -0.1) is 77.4 Å². The predicted molar refractivity (Wildman–Crippen MR) is 243 cm³/mol. The molecule has 0 unspecified atom stereocenters. The Kier molecular flexibility index (Phi) is 11.4. The van der Waals surface area contributed by atoms with Crippen molar-refractivity contribution in [2.75, 3.05) is 0 Å². The first kappa shape index (κ1) is 39.1. The van der Waals surface area contributed by atoms with Crippen LogP contribution in [0.4, 0.5) is 0 Å². The molecule has 5 heteroatoms. The van der Waals surface area contributed by atoms with Crippen LogP contribution in [0.2, 0.25) is 0 Å². The summed E-state index contributed by atoms with van der Waals surface area (Å²) in [5.41, 5.74) is 18.2. The second-order valence-corrected chi connectivity index (χ2v) is 14.4. The third kappa shape index (κ3) is 8.26.